The molecule has 0 bridgehead atoms. The highest BCUT2D eigenvalue weighted by Crippen LogP contribution is 2.56. The van der Waals surface area contributed by atoms with Crippen LogP contribution >= 0.6 is 47.0 Å². The second kappa shape index (κ2) is 9.48. The normalized spacial score (nSPS) is 14.1. The Bertz CT molecular complexity index is 883. The van der Waals surface area contributed by atoms with Crippen LogP contribution in [0.4, 0.5) is 0 Å². The van der Waals surface area contributed by atoms with Crippen molar-refractivity contribution < 1.29 is 0 Å². The summed E-state index contributed by atoms with van der Waals surface area (Å²) < 4.78 is 4.13. The SMILES string of the molecule is CSC1=C(SC)SC(=Cc2ccc(/C=C\c3ccc(C#N)cc3)cc2)S1. The van der Waals surface area contributed by atoms with Crippen LogP contribution in [0.2, 0.25) is 0 Å². The monoisotopic (exact) mass is 411 g/mol. The molecule has 130 valence electrons. The number of thioether (sulfide) groups is 4. The van der Waals surface area contributed by atoms with Crippen LogP contribution in [0.15, 0.2) is 61.2 Å². The Morgan fingerprint density at radius 2 is 1.23 bits per heavy atom. The molecule has 0 fully saturated rings. The van der Waals surface area contributed by atoms with E-state index in [0.717, 1.165) is 11.1 Å². The van der Waals surface area contributed by atoms with E-state index in [1.807, 2.05) is 71.3 Å². The van der Waals surface area contributed by atoms with Gasteiger partial charge in [0.2, 0.25) is 0 Å². The topological polar surface area (TPSA) is 23.8 Å². The molecule has 0 radical (unpaired) electrons. The molecule has 0 aliphatic carbocycles. The average Bonchev–Trinajstić information content (AvgIpc) is 3.09. The van der Waals surface area contributed by atoms with E-state index in [1.165, 1.54) is 18.3 Å². The van der Waals surface area contributed by atoms with Gasteiger partial charge in [0.25, 0.3) is 0 Å². The Labute approximate surface area is 172 Å². The third-order valence-electron chi connectivity index (χ3n) is 3.65. The maximum Gasteiger partial charge on any atom is 0.0991 e. The fourth-order valence-electron chi connectivity index (χ4n) is 2.30. The molecule has 0 saturated carbocycles. The largest absolute Gasteiger partial charge is 0.192 e. The van der Waals surface area contributed by atoms with E-state index in [-0.39, 0.29) is 0 Å². The van der Waals surface area contributed by atoms with Gasteiger partial charge >= 0.3 is 0 Å². The Balaban J connectivity index is 1.66. The van der Waals surface area contributed by atoms with Crippen LogP contribution in [0.5, 0.6) is 0 Å². The first-order chi connectivity index (χ1) is 12.7. The quantitative estimate of drug-likeness (QED) is 0.478. The third kappa shape index (κ3) is 5.05. The van der Waals surface area contributed by atoms with Crippen molar-refractivity contribution in [2.45, 2.75) is 0 Å². The minimum Gasteiger partial charge on any atom is -0.192 e. The lowest BCUT2D eigenvalue weighted by Crippen LogP contribution is -1.77. The number of nitriles is 1. The van der Waals surface area contributed by atoms with E-state index in [4.69, 9.17) is 5.26 Å². The van der Waals surface area contributed by atoms with Gasteiger partial charge in [0.05, 0.1) is 24.3 Å². The summed E-state index contributed by atoms with van der Waals surface area (Å²) in [5.41, 5.74) is 4.16. The van der Waals surface area contributed by atoms with Crippen molar-refractivity contribution in [3.05, 3.63) is 83.5 Å². The average molecular weight is 412 g/mol. The maximum atomic E-state index is 8.84. The molecule has 26 heavy (non-hydrogen) atoms. The first-order valence-corrected chi connectivity index (χ1v) is 12.0. The lowest BCUT2D eigenvalue weighted by molar-refractivity contribution is 1.48. The zero-order valence-corrected chi connectivity index (χ0v) is 17.7. The molecule has 1 nitrogen and oxygen atoms in total. The van der Waals surface area contributed by atoms with Crippen LogP contribution in [0.25, 0.3) is 18.2 Å². The van der Waals surface area contributed by atoms with Crippen LogP contribution in [-0.4, -0.2) is 12.5 Å². The molecule has 2 aromatic rings. The highest BCUT2D eigenvalue weighted by molar-refractivity contribution is 8.40. The van der Waals surface area contributed by atoms with E-state index in [1.54, 1.807) is 0 Å². The second-order valence-electron chi connectivity index (χ2n) is 5.38. The summed E-state index contributed by atoms with van der Waals surface area (Å²) in [5, 5.41) is 8.84. The van der Waals surface area contributed by atoms with E-state index >= 15 is 0 Å². The van der Waals surface area contributed by atoms with E-state index in [9.17, 15) is 0 Å². The highest BCUT2D eigenvalue weighted by Gasteiger charge is 2.19. The van der Waals surface area contributed by atoms with Crippen molar-refractivity contribution in [2.24, 2.45) is 0 Å². The van der Waals surface area contributed by atoms with Gasteiger partial charge in [0.1, 0.15) is 0 Å². The van der Waals surface area contributed by atoms with Crippen molar-refractivity contribution in [1.29, 1.82) is 5.26 Å². The molecule has 5 heteroatoms. The molecule has 0 aromatic heterocycles. The molecule has 3 rings (SSSR count). The van der Waals surface area contributed by atoms with Gasteiger partial charge in [0.15, 0.2) is 0 Å². The van der Waals surface area contributed by atoms with Gasteiger partial charge in [-0.1, -0.05) is 72.1 Å². The Hall–Kier alpha value is -1.45. The summed E-state index contributed by atoms with van der Waals surface area (Å²) in [5.74, 6) is 0. The molecule has 1 aliphatic heterocycles. The van der Waals surface area contributed by atoms with Gasteiger partial charge in [-0.05, 0) is 47.4 Å². The standard InChI is InChI=1S/C21H17NS4/c1-23-20-21(24-2)26-19(25-20)13-17-9-5-15(6-10-17)3-4-16-7-11-18(14-22)12-8-16/h3-13H,1-2H3/b4-3-. The summed E-state index contributed by atoms with van der Waals surface area (Å²) >= 11 is 7.37. The number of hydrogen-bond acceptors (Lipinski definition) is 5. The number of hydrogen-bond donors (Lipinski definition) is 0. The lowest BCUT2D eigenvalue weighted by Gasteiger charge is -1.99. The summed E-state index contributed by atoms with van der Waals surface area (Å²) in [6.45, 7) is 0. The molecule has 0 spiro atoms. The second-order valence-corrected chi connectivity index (χ2v) is 9.90. The first kappa shape index (κ1) is 19.3. The summed E-state index contributed by atoms with van der Waals surface area (Å²) in [7, 11) is 0. The molecule has 2 aromatic carbocycles. The molecule has 1 aliphatic rings. The fourth-order valence-corrected chi connectivity index (χ4v) is 7.24. The Kier molecular flexibility index (Phi) is 7.04. The minimum atomic E-state index is 0.686. The van der Waals surface area contributed by atoms with Crippen LogP contribution < -0.4 is 0 Å². The predicted molar refractivity (Wildman–Crippen MR) is 124 cm³/mol. The van der Waals surface area contributed by atoms with Gasteiger partial charge in [-0.3, -0.25) is 0 Å². The fraction of sp³-hybridized carbons (Fsp3) is 0.0952. The van der Waals surface area contributed by atoms with Gasteiger partial charge in [-0.25, -0.2) is 0 Å². The zero-order chi connectivity index (χ0) is 18.4. The predicted octanol–water partition coefficient (Wildman–Crippen LogP) is 7.36. The van der Waals surface area contributed by atoms with Gasteiger partial charge in [0, 0.05) is 0 Å². The molecule has 0 saturated heterocycles. The molecular weight excluding hydrogens is 395 g/mol. The smallest absolute Gasteiger partial charge is 0.0991 e. The van der Waals surface area contributed by atoms with Crippen LogP contribution in [0.3, 0.4) is 0 Å². The number of benzene rings is 2. The molecule has 0 N–H and O–H groups in total. The number of rotatable bonds is 5. The summed E-state index contributed by atoms with van der Waals surface area (Å²) in [6, 6.07) is 18.3. The van der Waals surface area contributed by atoms with Crippen molar-refractivity contribution >= 4 is 65.3 Å². The number of nitrogens with zero attached hydrogens (tertiary/aromatic N) is 1. The maximum absolute atomic E-state index is 8.84. The first-order valence-electron chi connectivity index (χ1n) is 7.90. The zero-order valence-electron chi connectivity index (χ0n) is 14.4. The van der Waals surface area contributed by atoms with Gasteiger partial charge in [-0.2, -0.15) is 5.26 Å². The Morgan fingerprint density at radius 3 is 1.69 bits per heavy atom. The minimum absolute atomic E-state index is 0.686. The van der Waals surface area contributed by atoms with Gasteiger partial charge in [-0.15, -0.1) is 23.5 Å². The van der Waals surface area contributed by atoms with Crippen molar-refractivity contribution in [3.63, 3.8) is 0 Å². The third-order valence-corrected chi connectivity index (χ3v) is 8.74. The van der Waals surface area contributed by atoms with Crippen molar-refractivity contribution in [2.75, 3.05) is 12.5 Å². The molecular formula is C21H17NS4. The molecule has 0 atom stereocenters. The van der Waals surface area contributed by atoms with Crippen molar-refractivity contribution in [1.82, 2.24) is 0 Å². The van der Waals surface area contributed by atoms with Crippen LogP contribution in [-0.2, 0) is 0 Å². The van der Waals surface area contributed by atoms with E-state index in [2.05, 4.69) is 61.1 Å². The van der Waals surface area contributed by atoms with Gasteiger partial charge < -0.3 is 0 Å². The molecule has 0 unspecified atom stereocenters. The van der Waals surface area contributed by atoms with Crippen molar-refractivity contribution in [3.8, 4) is 6.07 Å². The highest BCUT2D eigenvalue weighted by atomic mass is 32.3. The van der Waals surface area contributed by atoms with Crippen LogP contribution in [0.1, 0.15) is 22.3 Å². The van der Waals surface area contributed by atoms with E-state index in [0.29, 0.717) is 5.56 Å². The van der Waals surface area contributed by atoms with Crippen LogP contribution in [0, 0.1) is 11.3 Å². The van der Waals surface area contributed by atoms with E-state index < -0.39 is 0 Å². The molecule has 1 heterocycles. The lowest BCUT2D eigenvalue weighted by atomic mass is 10.1. The Morgan fingerprint density at radius 1 is 0.769 bits per heavy atom. The summed E-state index contributed by atoms with van der Waals surface area (Å²) in [6.07, 6.45) is 10.7. The molecule has 0 amide bonds. The summed E-state index contributed by atoms with van der Waals surface area (Å²) in [4.78, 5) is 0.